The zero-order valence-corrected chi connectivity index (χ0v) is 9.91. The van der Waals surface area contributed by atoms with Crippen LogP contribution in [0.5, 0.6) is 0 Å². The lowest BCUT2D eigenvalue weighted by molar-refractivity contribution is -0.140. The molecule has 0 aliphatic heterocycles. The topological polar surface area (TPSA) is 43.4 Å². The molecule has 0 spiro atoms. The van der Waals surface area contributed by atoms with Gasteiger partial charge in [-0.05, 0) is 25.3 Å². The lowest BCUT2D eigenvalue weighted by atomic mass is 9.98. The average molecular weight is 224 g/mol. The molecule has 0 aromatic rings. The number of rotatable bonds is 7. The van der Waals surface area contributed by atoms with Gasteiger partial charge in [0.1, 0.15) is 0 Å². The maximum Gasteiger partial charge on any atom is 0.305 e. The van der Waals surface area contributed by atoms with Crippen LogP contribution in [0.25, 0.3) is 0 Å². The van der Waals surface area contributed by atoms with Crippen LogP contribution >= 0.6 is 0 Å². The molecule has 0 N–H and O–H groups in total. The van der Waals surface area contributed by atoms with Crippen molar-refractivity contribution in [2.24, 2.45) is 5.92 Å². The minimum absolute atomic E-state index is 0.129. The average Bonchev–Trinajstić information content (AvgIpc) is 2.69. The van der Waals surface area contributed by atoms with Crippen molar-refractivity contribution in [3.63, 3.8) is 0 Å². The molecule has 0 saturated carbocycles. The second kappa shape index (κ2) is 7.20. The van der Waals surface area contributed by atoms with Crippen LogP contribution in [-0.4, -0.2) is 18.9 Å². The summed E-state index contributed by atoms with van der Waals surface area (Å²) < 4.78 is 4.56. The Balaban J connectivity index is 1.92. The highest BCUT2D eigenvalue weighted by Crippen LogP contribution is 2.21. The fourth-order valence-corrected chi connectivity index (χ4v) is 1.98. The number of ketones is 1. The number of esters is 1. The molecule has 0 radical (unpaired) electrons. The van der Waals surface area contributed by atoms with Gasteiger partial charge in [0, 0.05) is 12.3 Å². The van der Waals surface area contributed by atoms with Crippen LogP contribution < -0.4 is 0 Å². The molecule has 1 aliphatic rings. The van der Waals surface area contributed by atoms with Gasteiger partial charge in [-0.15, -0.1) is 0 Å². The molecule has 0 amide bonds. The van der Waals surface area contributed by atoms with E-state index < -0.39 is 0 Å². The summed E-state index contributed by atoms with van der Waals surface area (Å²) in [6.45, 7) is 0. The Bertz CT molecular complexity index is 268. The Hall–Kier alpha value is -1.12. The van der Waals surface area contributed by atoms with E-state index in [0.29, 0.717) is 6.42 Å². The number of unbranched alkanes of at least 4 members (excludes halogenated alkanes) is 3. The summed E-state index contributed by atoms with van der Waals surface area (Å²) in [6.07, 6.45) is 10.2. The molecule has 3 nitrogen and oxygen atoms in total. The van der Waals surface area contributed by atoms with Crippen LogP contribution in [0.2, 0.25) is 0 Å². The molecule has 0 unspecified atom stereocenters. The summed E-state index contributed by atoms with van der Waals surface area (Å²) in [4.78, 5) is 22.1. The van der Waals surface area contributed by atoms with Gasteiger partial charge in [0.15, 0.2) is 5.78 Å². The van der Waals surface area contributed by atoms with Crippen molar-refractivity contribution in [1.82, 2.24) is 0 Å². The summed E-state index contributed by atoms with van der Waals surface area (Å²) in [5.41, 5.74) is 0. The smallest absolute Gasteiger partial charge is 0.305 e. The summed E-state index contributed by atoms with van der Waals surface area (Å²) in [5, 5.41) is 0. The lowest BCUT2D eigenvalue weighted by Crippen LogP contribution is -2.06. The van der Waals surface area contributed by atoms with Crippen molar-refractivity contribution in [2.45, 2.75) is 44.9 Å². The van der Waals surface area contributed by atoms with E-state index in [1.807, 2.05) is 6.08 Å². The predicted molar refractivity (Wildman–Crippen MR) is 62.0 cm³/mol. The number of hydrogen-bond acceptors (Lipinski definition) is 3. The van der Waals surface area contributed by atoms with Gasteiger partial charge in [-0.1, -0.05) is 25.3 Å². The third kappa shape index (κ3) is 4.60. The highest BCUT2D eigenvalue weighted by Gasteiger charge is 2.18. The normalized spacial score (nSPS) is 19.1. The van der Waals surface area contributed by atoms with Gasteiger partial charge in [0.25, 0.3) is 0 Å². The van der Waals surface area contributed by atoms with Crippen LogP contribution in [0.1, 0.15) is 44.9 Å². The molecule has 0 aromatic carbocycles. The van der Waals surface area contributed by atoms with Gasteiger partial charge in [-0.3, -0.25) is 9.59 Å². The first-order chi connectivity index (χ1) is 7.74. The van der Waals surface area contributed by atoms with Crippen molar-refractivity contribution in [1.29, 1.82) is 0 Å². The van der Waals surface area contributed by atoms with E-state index in [-0.39, 0.29) is 17.7 Å². The van der Waals surface area contributed by atoms with Crippen LogP contribution in [-0.2, 0) is 14.3 Å². The fraction of sp³-hybridized carbons (Fsp3) is 0.692. The molecule has 90 valence electrons. The molecule has 0 aromatic heterocycles. The Morgan fingerprint density at radius 3 is 2.75 bits per heavy atom. The zero-order valence-electron chi connectivity index (χ0n) is 9.91. The van der Waals surface area contributed by atoms with Crippen molar-refractivity contribution < 1.29 is 14.3 Å². The van der Waals surface area contributed by atoms with Gasteiger partial charge < -0.3 is 4.74 Å². The number of carbonyl (C=O) groups is 2. The predicted octanol–water partition coefficient (Wildman–Crippen LogP) is 2.65. The maximum absolute atomic E-state index is 11.3. The van der Waals surface area contributed by atoms with Crippen LogP contribution in [0.3, 0.4) is 0 Å². The van der Waals surface area contributed by atoms with Gasteiger partial charge in [-0.25, -0.2) is 0 Å². The number of ether oxygens (including phenoxy) is 1. The molecule has 0 saturated heterocycles. The monoisotopic (exact) mass is 224 g/mol. The molecule has 3 heteroatoms. The molecule has 0 bridgehead atoms. The number of carbonyl (C=O) groups excluding carboxylic acids is 2. The largest absolute Gasteiger partial charge is 0.469 e. The van der Waals surface area contributed by atoms with Crippen molar-refractivity contribution in [2.75, 3.05) is 7.11 Å². The quantitative estimate of drug-likeness (QED) is 0.493. The summed E-state index contributed by atoms with van der Waals surface area (Å²) in [5.74, 6) is 0.394. The molecule has 16 heavy (non-hydrogen) atoms. The molecular formula is C13H20O3. The SMILES string of the molecule is COC(=O)CCCCCC[C@@H]1CC=CC1=O. The van der Waals surface area contributed by atoms with E-state index in [1.54, 1.807) is 6.08 Å². The maximum atomic E-state index is 11.3. The Labute approximate surface area is 96.9 Å². The second-order valence-corrected chi connectivity index (χ2v) is 4.27. The highest BCUT2D eigenvalue weighted by atomic mass is 16.5. The van der Waals surface area contributed by atoms with Crippen LogP contribution in [0, 0.1) is 5.92 Å². The van der Waals surface area contributed by atoms with Crippen molar-refractivity contribution >= 4 is 11.8 Å². The van der Waals surface area contributed by atoms with Gasteiger partial charge >= 0.3 is 5.97 Å². The third-order valence-corrected chi connectivity index (χ3v) is 3.02. The molecule has 0 fully saturated rings. The fourth-order valence-electron chi connectivity index (χ4n) is 1.98. The van der Waals surface area contributed by atoms with E-state index in [4.69, 9.17) is 0 Å². The molecule has 1 rings (SSSR count). The Morgan fingerprint density at radius 2 is 2.12 bits per heavy atom. The standard InChI is InChI=1S/C13H20O3/c1-16-13(15)10-5-3-2-4-7-11-8-6-9-12(11)14/h6,9,11H,2-5,7-8,10H2,1H3/t11-/m1/s1. The van der Waals surface area contributed by atoms with Crippen molar-refractivity contribution in [3.8, 4) is 0 Å². The molecule has 1 aliphatic carbocycles. The van der Waals surface area contributed by atoms with E-state index in [9.17, 15) is 9.59 Å². The first kappa shape index (κ1) is 12.9. The van der Waals surface area contributed by atoms with E-state index in [0.717, 1.165) is 38.5 Å². The highest BCUT2D eigenvalue weighted by molar-refractivity contribution is 5.93. The van der Waals surface area contributed by atoms with E-state index in [1.165, 1.54) is 7.11 Å². The van der Waals surface area contributed by atoms with Crippen LogP contribution in [0.15, 0.2) is 12.2 Å². The minimum Gasteiger partial charge on any atom is -0.469 e. The summed E-state index contributed by atoms with van der Waals surface area (Å²) >= 11 is 0. The second-order valence-electron chi connectivity index (χ2n) is 4.27. The summed E-state index contributed by atoms with van der Waals surface area (Å²) in [6, 6.07) is 0. The zero-order chi connectivity index (χ0) is 11.8. The Kier molecular flexibility index (Phi) is 5.83. The summed E-state index contributed by atoms with van der Waals surface area (Å²) in [7, 11) is 1.42. The number of allylic oxidation sites excluding steroid dienone is 2. The van der Waals surface area contributed by atoms with Gasteiger partial charge in [0.05, 0.1) is 7.11 Å². The molecular weight excluding hydrogens is 204 g/mol. The third-order valence-electron chi connectivity index (χ3n) is 3.02. The van der Waals surface area contributed by atoms with Crippen LogP contribution in [0.4, 0.5) is 0 Å². The molecule has 0 heterocycles. The van der Waals surface area contributed by atoms with Crippen molar-refractivity contribution in [3.05, 3.63) is 12.2 Å². The van der Waals surface area contributed by atoms with Gasteiger partial charge in [-0.2, -0.15) is 0 Å². The van der Waals surface area contributed by atoms with Gasteiger partial charge in [0.2, 0.25) is 0 Å². The Morgan fingerprint density at radius 1 is 1.38 bits per heavy atom. The number of hydrogen-bond donors (Lipinski definition) is 0. The first-order valence-electron chi connectivity index (χ1n) is 6.01. The molecule has 1 atom stereocenters. The number of methoxy groups -OCH3 is 1. The first-order valence-corrected chi connectivity index (χ1v) is 6.01. The van der Waals surface area contributed by atoms with E-state index >= 15 is 0 Å². The lowest BCUT2D eigenvalue weighted by Gasteiger charge is -2.06. The minimum atomic E-state index is -0.129. The van der Waals surface area contributed by atoms with E-state index in [2.05, 4.69) is 4.74 Å².